The van der Waals surface area contributed by atoms with E-state index < -0.39 is 6.10 Å². The minimum atomic E-state index is -0.771. The van der Waals surface area contributed by atoms with Crippen LogP contribution in [0.25, 0.3) is 0 Å². The van der Waals surface area contributed by atoms with Crippen molar-refractivity contribution < 1.29 is 24.2 Å². The molecule has 0 aromatic heterocycles. The van der Waals surface area contributed by atoms with Crippen LogP contribution in [0.3, 0.4) is 0 Å². The standard InChI is InChI=1S/C55H96O5/c1-3-5-7-9-11-13-15-17-18-19-20-21-22-23-24-25-26-27-28-29-30-31-32-33-34-35-36-38-40-42-44-46-48-50-55(58)60-53(51-56)52-59-54(57)49-47-45-43-41-39-37-16-14-12-10-8-6-4-2/h5,7,11,13,17-18,20-21,23-24,26-27,53,56H,3-4,6,8-10,12,14-16,19,22,25,28-52H2,1-2H3/b7-5-,13-11-,18-17-,21-20-,24-23-,27-26-. The first-order valence-electron chi connectivity index (χ1n) is 25.5. The quantitative estimate of drug-likeness (QED) is 0.0376. The Morgan fingerprint density at radius 3 is 1.08 bits per heavy atom. The second-order valence-electron chi connectivity index (χ2n) is 16.9. The number of hydrogen-bond donors (Lipinski definition) is 1. The van der Waals surface area contributed by atoms with Crippen LogP contribution >= 0.6 is 0 Å². The van der Waals surface area contributed by atoms with Gasteiger partial charge in [-0.2, -0.15) is 0 Å². The van der Waals surface area contributed by atoms with Gasteiger partial charge in [-0.25, -0.2) is 0 Å². The van der Waals surface area contributed by atoms with Crippen molar-refractivity contribution in [2.45, 2.75) is 251 Å². The summed E-state index contributed by atoms with van der Waals surface area (Å²) in [7, 11) is 0. The smallest absolute Gasteiger partial charge is 0.306 e. The number of carbonyl (C=O) groups is 2. The molecule has 5 heteroatoms. The van der Waals surface area contributed by atoms with Gasteiger partial charge in [0.1, 0.15) is 6.61 Å². The number of hydrogen-bond acceptors (Lipinski definition) is 5. The summed E-state index contributed by atoms with van der Waals surface area (Å²) in [6.07, 6.45) is 68.6. The van der Waals surface area contributed by atoms with Gasteiger partial charge in [-0.15, -0.1) is 0 Å². The van der Waals surface area contributed by atoms with Crippen LogP contribution in [0.2, 0.25) is 0 Å². The molecule has 0 heterocycles. The first-order valence-corrected chi connectivity index (χ1v) is 25.5. The maximum Gasteiger partial charge on any atom is 0.306 e. The third kappa shape index (κ3) is 48.0. The first kappa shape index (κ1) is 57.3. The number of unbranched alkanes of at least 4 members (excludes halogenated alkanes) is 26. The Kier molecular flexibility index (Phi) is 48.4. The Hall–Kier alpha value is -2.66. The summed E-state index contributed by atoms with van der Waals surface area (Å²) in [6, 6.07) is 0. The van der Waals surface area contributed by atoms with E-state index in [1.54, 1.807) is 0 Å². The van der Waals surface area contributed by atoms with Crippen LogP contribution in [-0.2, 0) is 19.1 Å². The topological polar surface area (TPSA) is 72.8 Å². The van der Waals surface area contributed by atoms with Crippen molar-refractivity contribution >= 4 is 11.9 Å². The van der Waals surface area contributed by atoms with Crippen molar-refractivity contribution in [3.8, 4) is 0 Å². The molecule has 1 atom stereocenters. The summed E-state index contributed by atoms with van der Waals surface area (Å²) >= 11 is 0. The summed E-state index contributed by atoms with van der Waals surface area (Å²) in [5, 5.41) is 9.60. The molecule has 0 radical (unpaired) electrons. The molecule has 0 saturated carbocycles. The van der Waals surface area contributed by atoms with Gasteiger partial charge in [0.05, 0.1) is 6.61 Å². The van der Waals surface area contributed by atoms with Gasteiger partial charge in [-0.05, 0) is 64.2 Å². The number of rotatable bonds is 46. The highest BCUT2D eigenvalue weighted by atomic mass is 16.6. The highest BCUT2D eigenvalue weighted by Crippen LogP contribution is 2.16. The Morgan fingerprint density at radius 2 is 0.717 bits per heavy atom. The van der Waals surface area contributed by atoms with E-state index in [-0.39, 0.29) is 25.2 Å². The van der Waals surface area contributed by atoms with Crippen molar-refractivity contribution in [3.05, 3.63) is 72.9 Å². The average molecular weight is 837 g/mol. The van der Waals surface area contributed by atoms with Gasteiger partial charge < -0.3 is 14.6 Å². The largest absolute Gasteiger partial charge is 0.462 e. The molecule has 60 heavy (non-hydrogen) atoms. The zero-order valence-corrected chi connectivity index (χ0v) is 39.5. The van der Waals surface area contributed by atoms with E-state index in [2.05, 4.69) is 86.8 Å². The number of esters is 2. The number of aliphatic hydroxyl groups is 1. The molecule has 0 aliphatic carbocycles. The van der Waals surface area contributed by atoms with Crippen LogP contribution in [0.1, 0.15) is 245 Å². The highest BCUT2D eigenvalue weighted by molar-refractivity contribution is 5.70. The molecule has 0 aliphatic heterocycles. The maximum atomic E-state index is 12.3. The predicted molar refractivity (Wildman–Crippen MR) is 260 cm³/mol. The Balaban J connectivity index is 3.49. The van der Waals surface area contributed by atoms with E-state index in [0.717, 1.165) is 77.0 Å². The van der Waals surface area contributed by atoms with Crippen LogP contribution in [-0.4, -0.2) is 36.4 Å². The molecule has 0 amide bonds. The molecule has 0 aliphatic rings. The van der Waals surface area contributed by atoms with E-state index in [4.69, 9.17) is 9.47 Å². The van der Waals surface area contributed by atoms with Gasteiger partial charge in [0.2, 0.25) is 0 Å². The zero-order valence-electron chi connectivity index (χ0n) is 39.5. The van der Waals surface area contributed by atoms with Crippen molar-refractivity contribution in [1.82, 2.24) is 0 Å². The number of allylic oxidation sites excluding steroid dienone is 12. The fraction of sp³-hybridized carbons (Fsp3) is 0.745. The molecule has 1 N–H and O–H groups in total. The molecular weight excluding hydrogens is 741 g/mol. The minimum absolute atomic E-state index is 0.0642. The van der Waals surface area contributed by atoms with E-state index in [9.17, 15) is 14.7 Å². The lowest BCUT2D eigenvalue weighted by molar-refractivity contribution is -0.161. The van der Waals surface area contributed by atoms with Crippen molar-refractivity contribution in [1.29, 1.82) is 0 Å². The summed E-state index contributed by atoms with van der Waals surface area (Å²) in [5.74, 6) is -0.585. The van der Waals surface area contributed by atoms with Gasteiger partial charge in [0.25, 0.3) is 0 Å². The lowest BCUT2D eigenvalue weighted by atomic mass is 10.0. The van der Waals surface area contributed by atoms with E-state index in [1.807, 2.05) is 0 Å². The van der Waals surface area contributed by atoms with Crippen LogP contribution < -0.4 is 0 Å². The summed E-state index contributed by atoms with van der Waals surface area (Å²) in [4.78, 5) is 24.4. The molecule has 0 bridgehead atoms. The van der Waals surface area contributed by atoms with Gasteiger partial charge in [-0.1, -0.05) is 241 Å². The molecule has 0 fully saturated rings. The number of carbonyl (C=O) groups excluding carboxylic acids is 2. The number of aliphatic hydroxyl groups excluding tert-OH is 1. The van der Waals surface area contributed by atoms with Gasteiger partial charge in [0, 0.05) is 12.8 Å². The molecule has 1 unspecified atom stereocenters. The predicted octanol–water partition coefficient (Wildman–Crippen LogP) is 16.9. The van der Waals surface area contributed by atoms with Crippen molar-refractivity contribution in [3.63, 3.8) is 0 Å². The van der Waals surface area contributed by atoms with Gasteiger partial charge in [0.15, 0.2) is 6.10 Å². The van der Waals surface area contributed by atoms with Gasteiger partial charge in [-0.3, -0.25) is 9.59 Å². The van der Waals surface area contributed by atoms with E-state index in [1.165, 1.54) is 141 Å². The highest BCUT2D eigenvalue weighted by Gasteiger charge is 2.16. The lowest BCUT2D eigenvalue weighted by Crippen LogP contribution is -2.28. The van der Waals surface area contributed by atoms with Gasteiger partial charge >= 0.3 is 11.9 Å². The first-order chi connectivity index (χ1) is 29.6. The van der Waals surface area contributed by atoms with Crippen molar-refractivity contribution in [2.75, 3.05) is 13.2 Å². The van der Waals surface area contributed by atoms with Crippen LogP contribution in [0.5, 0.6) is 0 Å². The Labute approximate surface area is 372 Å². The minimum Gasteiger partial charge on any atom is -0.462 e. The third-order valence-corrected chi connectivity index (χ3v) is 11.0. The second kappa shape index (κ2) is 50.7. The van der Waals surface area contributed by atoms with E-state index >= 15 is 0 Å². The van der Waals surface area contributed by atoms with E-state index in [0.29, 0.717) is 12.8 Å². The fourth-order valence-electron chi connectivity index (χ4n) is 7.21. The van der Waals surface area contributed by atoms with Crippen molar-refractivity contribution in [2.24, 2.45) is 0 Å². The summed E-state index contributed by atoms with van der Waals surface area (Å²) < 4.78 is 10.7. The van der Waals surface area contributed by atoms with Crippen LogP contribution in [0, 0.1) is 0 Å². The monoisotopic (exact) mass is 837 g/mol. The molecular formula is C55H96O5. The molecule has 5 nitrogen and oxygen atoms in total. The zero-order chi connectivity index (χ0) is 43.5. The Bertz CT molecular complexity index is 1080. The molecule has 0 spiro atoms. The average Bonchev–Trinajstić information content (AvgIpc) is 3.25. The summed E-state index contributed by atoms with van der Waals surface area (Å²) in [6.45, 7) is 4.03. The second-order valence-corrected chi connectivity index (χ2v) is 16.9. The molecule has 0 aromatic carbocycles. The molecule has 0 saturated heterocycles. The molecule has 0 rings (SSSR count). The van der Waals surface area contributed by atoms with Crippen LogP contribution in [0.4, 0.5) is 0 Å². The summed E-state index contributed by atoms with van der Waals surface area (Å²) in [5.41, 5.74) is 0. The molecule has 0 aromatic rings. The maximum absolute atomic E-state index is 12.3. The molecule has 346 valence electrons. The fourth-order valence-corrected chi connectivity index (χ4v) is 7.21. The lowest BCUT2D eigenvalue weighted by Gasteiger charge is -2.15. The SMILES string of the molecule is CC/C=C\C/C=C\C/C=C\C/C=C\C/C=C\C/C=C\CCCCCCCCCCCCCCCCC(=O)OC(CO)COC(=O)CCCCCCCCCCCCCCC. The normalized spacial score (nSPS) is 12.8. The third-order valence-electron chi connectivity index (χ3n) is 11.0. The van der Waals surface area contributed by atoms with Crippen LogP contribution in [0.15, 0.2) is 72.9 Å². The number of ether oxygens (including phenoxy) is 2. The Morgan fingerprint density at radius 1 is 0.400 bits per heavy atom.